The Hall–Kier alpha value is -0.480. The number of hydrogen-bond donors (Lipinski definition) is 1. The Kier molecular flexibility index (Phi) is 3.55. The summed E-state index contributed by atoms with van der Waals surface area (Å²) >= 11 is 0. The van der Waals surface area contributed by atoms with Crippen molar-refractivity contribution in [1.82, 2.24) is 10.2 Å². The van der Waals surface area contributed by atoms with E-state index in [1.165, 1.54) is 12.8 Å². The van der Waals surface area contributed by atoms with E-state index in [4.69, 9.17) is 4.74 Å². The zero-order chi connectivity index (χ0) is 11.2. The highest BCUT2D eigenvalue weighted by Crippen LogP contribution is 2.40. The smallest absolute Gasteiger partial charge is 0.410 e. The Balaban J connectivity index is 0.00000108. The van der Waals surface area contributed by atoms with Gasteiger partial charge in [0.2, 0.25) is 0 Å². The molecule has 0 radical (unpaired) electrons. The maximum atomic E-state index is 11.8. The fraction of sp³-hybridized carbons (Fsp3) is 0.917. The molecule has 3 heterocycles. The van der Waals surface area contributed by atoms with Crippen molar-refractivity contribution in [2.45, 2.75) is 56.7 Å². The van der Waals surface area contributed by atoms with E-state index in [-0.39, 0.29) is 24.1 Å². The predicted molar refractivity (Wildman–Crippen MR) is 67.5 cm³/mol. The standard InChI is InChI=1S/C12H20N2O2.ClH/c1-2-14-6-5-12(16-11(14)15)7-9-3-4-10(8-12)13-9;/h9-10,13H,2-8H2,1H3;1H. The first-order valence-corrected chi connectivity index (χ1v) is 6.45. The lowest BCUT2D eigenvalue weighted by atomic mass is 9.83. The zero-order valence-corrected chi connectivity index (χ0v) is 11.1. The monoisotopic (exact) mass is 260 g/mol. The van der Waals surface area contributed by atoms with Crippen LogP contribution in [0.1, 0.15) is 39.0 Å². The molecule has 2 bridgehead atoms. The van der Waals surface area contributed by atoms with E-state index in [0.29, 0.717) is 12.1 Å². The molecule has 2 unspecified atom stereocenters. The molecule has 0 aromatic rings. The fourth-order valence-corrected chi connectivity index (χ4v) is 3.51. The Morgan fingerprint density at radius 2 is 2.06 bits per heavy atom. The Morgan fingerprint density at radius 1 is 1.41 bits per heavy atom. The van der Waals surface area contributed by atoms with Gasteiger partial charge in [-0.05, 0) is 19.8 Å². The third-order valence-corrected chi connectivity index (χ3v) is 4.35. The topological polar surface area (TPSA) is 41.6 Å². The first-order valence-electron chi connectivity index (χ1n) is 6.45. The van der Waals surface area contributed by atoms with Gasteiger partial charge in [0.05, 0.1) is 0 Å². The lowest BCUT2D eigenvalue weighted by Gasteiger charge is -2.45. The maximum Gasteiger partial charge on any atom is 0.410 e. The molecular weight excluding hydrogens is 240 g/mol. The summed E-state index contributed by atoms with van der Waals surface area (Å²) in [6.07, 6.45) is 5.46. The third-order valence-electron chi connectivity index (χ3n) is 4.35. The molecule has 0 aliphatic carbocycles. The molecule has 1 spiro atoms. The largest absolute Gasteiger partial charge is 0.443 e. The van der Waals surface area contributed by atoms with E-state index in [1.54, 1.807) is 4.90 Å². The molecule has 98 valence electrons. The second-order valence-corrected chi connectivity index (χ2v) is 5.43. The van der Waals surface area contributed by atoms with Crippen LogP contribution in [0.25, 0.3) is 0 Å². The van der Waals surface area contributed by atoms with Gasteiger partial charge >= 0.3 is 6.09 Å². The van der Waals surface area contributed by atoms with E-state index in [9.17, 15) is 4.79 Å². The second-order valence-electron chi connectivity index (χ2n) is 5.43. The van der Waals surface area contributed by atoms with Gasteiger partial charge in [0.25, 0.3) is 0 Å². The first kappa shape index (κ1) is 13.0. The average Bonchev–Trinajstić information content (AvgIpc) is 2.59. The molecule has 1 N–H and O–H groups in total. The summed E-state index contributed by atoms with van der Waals surface area (Å²) in [6, 6.07) is 1.17. The number of amides is 1. The fourth-order valence-electron chi connectivity index (χ4n) is 3.51. The summed E-state index contributed by atoms with van der Waals surface area (Å²) in [7, 11) is 0. The lowest BCUT2D eigenvalue weighted by Crippen LogP contribution is -2.56. The van der Waals surface area contributed by atoms with Crippen molar-refractivity contribution < 1.29 is 9.53 Å². The third kappa shape index (κ3) is 2.25. The van der Waals surface area contributed by atoms with Gasteiger partial charge < -0.3 is 15.0 Å². The minimum atomic E-state index is -0.139. The van der Waals surface area contributed by atoms with E-state index >= 15 is 0 Å². The van der Waals surface area contributed by atoms with Crippen molar-refractivity contribution in [2.75, 3.05) is 13.1 Å². The average molecular weight is 261 g/mol. The SMILES string of the molecule is CCN1CCC2(CC3CCC(C2)N3)OC1=O.Cl. The number of halogens is 1. The van der Waals surface area contributed by atoms with Crippen molar-refractivity contribution >= 4 is 18.5 Å². The van der Waals surface area contributed by atoms with Gasteiger partial charge in [-0.15, -0.1) is 12.4 Å². The quantitative estimate of drug-likeness (QED) is 0.783. The van der Waals surface area contributed by atoms with Crippen molar-refractivity contribution in [3.8, 4) is 0 Å². The molecule has 3 fully saturated rings. The van der Waals surface area contributed by atoms with Gasteiger partial charge in [0.15, 0.2) is 0 Å². The summed E-state index contributed by atoms with van der Waals surface area (Å²) in [5.74, 6) is 0. The Morgan fingerprint density at radius 3 is 2.59 bits per heavy atom. The zero-order valence-electron chi connectivity index (χ0n) is 10.3. The van der Waals surface area contributed by atoms with Crippen LogP contribution in [0.2, 0.25) is 0 Å². The maximum absolute atomic E-state index is 11.8. The number of ether oxygens (including phenoxy) is 1. The normalized spacial score (nSPS) is 40.1. The van der Waals surface area contributed by atoms with E-state index in [0.717, 1.165) is 32.4 Å². The van der Waals surface area contributed by atoms with Crippen LogP contribution in [0.3, 0.4) is 0 Å². The van der Waals surface area contributed by atoms with Crippen LogP contribution in [-0.2, 0) is 4.74 Å². The molecule has 0 saturated carbocycles. The highest BCUT2D eigenvalue weighted by atomic mass is 35.5. The highest BCUT2D eigenvalue weighted by molar-refractivity contribution is 5.85. The molecule has 3 aliphatic rings. The molecule has 5 heteroatoms. The molecule has 1 amide bonds. The number of nitrogens with one attached hydrogen (secondary N) is 1. The van der Waals surface area contributed by atoms with Crippen LogP contribution >= 0.6 is 12.4 Å². The van der Waals surface area contributed by atoms with Crippen molar-refractivity contribution in [2.24, 2.45) is 0 Å². The first-order chi connectivity index (χ1) is 7.71. The van der Waals surface area contributed by atoms with Crippen molar-refractivity contribution in [3.63, 3.8) is 0 Å². The van der Waals surface area contributed by atoms with E-state index in [2.05, 4.69) is 5.32 Å². The number of nitrogens with zero attached hydrogens (tertiary/aromatic N) is 1. The van der Waals surface area contributed by atoms with Crippen molar-refractivity contribution in [3.05, 3.63) is 0 Å². The van der Waals surface area contributed by atoms with E-state index in [1.807, 2.05) is 6.92 Å². The van der Waals surface area contributed by atoms with Gasteiger partial charge in [-0.25, -0.2) is 4.79 Å². The van der Waals surface area contributed by atoms with Gasteiger partial charge in [0.1, 0.15) is 5.60 Å². The van der Waals surface area contributed by atoms with Crippen LogP contribution in [0.15, 0.2) is 0 Å². The van der Waals surface area contributed by atoms with Crippen LogP contribution < -0.4 is 5.32 Å². The van der Waals surface area contributed by atoms with Gasteiger partial charge in [-0.3, -0.25) is 0 Å². The number of carbonyl (C=O) groups excluding carboxylic acids is 1. The molecular formula is C12H21ClN2O2. The Bertz CT molecular complexity index is 299. The van der Waals surface area contributed by atoms with Crippen LogP contribution in [-0.4, -0.2) is 41.8 Å². The van der Waals surface area contributed by atoms with Gasteiger partial charge in [-0.2, -0.15) is 0 Å². The molecule has 4 nitrogen and oxygen atoms in total. The second kappa shape index (κ2) is 4.65. The summed E-state index contributed by atoms with van der Waals surface area (Å²) in [4.78, 5) is 13.6. The summed E-state index contributed by atoms with van der Waals surface area (Å²) < 4.78 is 5.75. The lowest BCUT2D eigenvalue weighted by molar-refractivity contribution is -0.0733. The van der Waals surface area contributed by atoms with Crippen LogP contribution in [0.4, 0.5) is 4.79 Å². The van der Waals surface area contributed by atoms with Crippen molar-refractivity contribution in [1.29, 1.82) is 0 Å². The molecule has 3 aliphatic heterocycles. The molecule has 3 rings (SSSR count). The minimum Gasteiger partial charge on any atom is -0.443 e. The molecule has 0 aromatic carbocycles. The van der Waals surface area contributed by atoms with Gasteiger partial charge in [-0.1, -0.05) is 0 Å². The number of carbonyl (C=O) groups is 1. The molecule has 0 aromatic heterocycles. The summed E-state index contributed by atoms with van der Waals surface area (Å²) in [6.45, 7) is 3.64. The number of rotatable bonds is 1. The molecule has 2 atom stereocenters. The number of hydrogen-bond acceptors (Lipinski definition) is 3. The van der Waals surface area contributed by atoms with Crippen LogP contribution in [0, 0.1) is 0 Å². The number of fused-ring (bicyclic) bond motifs is 2. The number of piperidine rings is 1. The molecule has 17 heavy (non-hydrogen) atoms. The minimum absolute atomic E-state index is 0. The Labute approximate surface area is 108 Å². The summed E-state index contributed by atoms with van der Waals surface area (Å²) in [5.41, 5.74) is -0.139. The van der Waals surface area contributed by atoms with Crippen LogP contribution in [0.5, 0.6) is 0 Å². The summed E-state index contributed by atoms with van der Waals surface area (Å²) in [5, 5.41) is 3.60. The highest BCUT2D eigenvalue weighted by Gasteiger charge is 2.48. The van der Waals surface area contributed by atoms with Gasteiger partial charge in [0, 0.05) is 44.4 Å². The molecule has 3 saturated heterocycles. The van der Waals surface area contributed by atoms with E-state index < -0.39 is 0 Å². The predicted octanol–water partition coefficient (Wildman–Crippen LogP) is 1.92.